The van der Waals surface area contributed by atoms with Gasteiger partial charge in [0.05, 0.1) is 17.1 Å². The summed E-state index contributed by atoms with van der Waals surface area (Å²) in [4.78, 5) is 15.4. The first-order valence-electron chi connectivity index (χ1n) is 20.7. The van der Waals surface area contributed by atoms with Crippen molar-refractivity contribution < 1.29 is 30.6 Å². The van der Waals surface area contributed by atoms with E-state index in [0.29, 0.717) is 17.5 Å². The summed E-state index contributed by atoms with van der Waals surface area (Å²) >= 11 is 0. The van der Waals surface area contributed by atoms with Crippen LogP contribution < -0.4 is 0 Å². The average Bonchev–Trinajstić information content (AvgIpc) is 3.89. The van der Waals surface area contributed by atoms with E-state index in [9.17, 15) is 5.11 Å². The molecule has 0 saturated heterocycles. The molecule has 8 aromatic rings. The van der Waals surface area contributed by atoms with Crippen LogP contribution in [-0.4, -0.2) is 20.1 Å². The molecule has 6 heteroatoms. The summed E-state index contributed by atoms with van der Waals surface area (Å²) in [5.74, 6) is 0.894. The zero-order valence-electron chi connectivity index (χ0n) is 34.5. The molecule has 0 amide bonds. The number of phenols is 1. The molecular formula is C53H48N3O2Pt-. The van der Waals surface area contributed by atoms with Crippen molar-refractivity contribution in [3.63, 3.8) is 0 Å². The second-order valence-electron chi connectivity index (χ2n) is 18.0. The Kier molecular flexibility index (Phi) is 9.75. The Labute approximate surface area is 361 Å². The van der Waals surface area contributed by atoms with Crippen LogP contribution in [0.1, 0.15) is 98.1 Å². The van der Waals surface area contributed by atoms with E-state index in [1.165, 1.54) is 39.1 Å². The fraction of sp³-hybridized carbons (Fsp3) is 0.264. The summed E-state index contributed by atoms with van der Waals surface area (Å²) in [6.45, 7) is 13.4. The van der Waals surface area contributed by atoms with Gasteiger partial charge >= 0.3 is 0 Å². The molecule has 4 aromatic heterocycles. The number of hydrogen-bond donors (Lipinski definition) is 1. The van der Waals surface area contributed by atoms with Crippen molar-refractivity contribution in [1.29, 1.82) is 0 Å². The third-order valence-electron chi connectivity index (χ3n) is 12.9. The van der Waals surface area contributed by atoms with Crippen molar-refractivity contribution in [3.8, 4) is 39.4 Å². The quantitative estimate of drug-likeness (QED) is 0.161. The summed E-state index contributed by atoms with van der Waals surface area (Å²) in [6, 6.07) is 41.8. The molecule has 0 radical (unpaired) electrons. The van der Waals surface area contributed by atoms with E-state index in [1.807, 2.05) is 36.5 Å². The Morgan fingerprint density at radius 3 is 2.08 bits per heavy atom. The van der Waals surface area contributed by atoms with Crippen molar-refractivity contribution in [2.45, 2.75) is 84.5 Å². The number of rotatable bonds is 7. The van der Waals surface area contributed by atoms with Crippen LogP contribution >= 0.6 is 0 Å². The third-order valence-corrected chi connectivity index (χ3v) is 12.9. The summed E-state index contributed by atoms with van der Waals surface area (Å²) < 4.78 is 6.49. The van der Waals surface area contributed by atoms with Crippen molar-refractivity contribution in [3.05, 3.63) is 166 Å². The van der Waals surface area contributed by atoms with Crippen LogP contribution in [-0.2, 0) is 52.2 Å². The number of aromatic hydroxyl groups is 1. The Morgan fingerprint density at radius 1 is 0.695 bits per heavy atom. The SMILES string of the molecule is CC(C)c1cccc(C(C)C)c1-c1cc(-c2ccccc2O)[c-]c(C(C)(C)c2cccc(-c3cc4oc5nc6c(cc5c4cn3)CC3(Cc4ccccc4C3)C6)n2)c1.[Pt]. The Morgan fingerprint density at radius 2 is 1.37 bits per heavy atom. The molecule has 0 saturated carbocycles. The van der Waals surface area contributed by atoms with Gasteiger partial charge in [-0.3, -0.25) is 9.97 Å². The van der Waals surface area contributed by atoms with Crippen molar-refractivity contribution in [1.82, 2.24) is 15.0 Å². The second kappa shape index (κ2) is 14.7. The first-order chi connectivity index (χ1) is 28.0. The Hall–Kier alpha value is -5.38. The van der Waals surface area contributed by atoms with Crippen LogP contribution in [0.5, 0.6) is 5.75 Å². The predicted molar refractivity (Wildman–Crippen MR) is 234 cm³/mol. The van der Waals surface area contributed by atoms with Gasteiger partial charge in [-0.25, -0.2) is 4.98 Å². The topological polar surface area (TPSA) is 72.0 Å². The minimum Gasteiger partial charge on any atom is -0.517 e. The number of furan rings is 1. The monoisotopic (exact) mass is 953 g/mol. The molecule has 0 fully saturated rings. The number of nitrogens with zero attached hydrogens (tertiary/aromatic N) is 3. The van der Waals surface area contributed by atoms with Gasteiger partial charge in [0, 0.05) is 60.9 Å². The molecule has 1 spiro atoms. The standard InChI is InChI=1S/C53H48N3O2.Pt/c1-31(2)39-16-11-17-40(32(3)4)50(39)36-21-35(41-15-9-10-19-47(41)57)22-38(23-36)52(5,6)49-20-12-18-44(55-49)45-25-48-43(30-54-45)42-24-37-28-53(29-46(37)56-51(42)58-48)26-33-13-7-8-14-34(33)27-53;/h7-21,23-25,30-32,57H,26-29H2,1-6H3;/q-1;. The molecule has 10 rings (SSSR count). The molecule has 4 aromatic carbocycles. The molecule has 4 heterocycles. The number of benzene rings is 4. The van der Waals surface area contributed by atoms with Crippen LogP contribution in [0.25, 0.3) is 55.7 Å². The molecule has 59 heavy (non-hydrogen) atoms. The van der Waals surface area contributed by atoms with E-state index in [0.717, 1.165) is 81.4 Å². The van der Waals surface area contributed by atoms with Crippen LogP contribution in [0.4, 0.5) is 0 Å². The fourth-order valence-corrected chi connectivity index (χ4v) is 9.81. The van der Waals surface area contributed by atoms with Gasteiger partial charge < -0.3 is 9.52 Å². The smallest absolute Gasteiger partial charge is 0.227 e. The molecular weight excluding hydrogens is 906 g/mol. The number of hydrogen-bond acceptors (Lipinski definition) is 5. The minimum atomic E-state index is -0.554. The molecule has 2 aliphatic rings. The zero-order valence-corrected chi connectivity index (χ0v) is 36.7. The summed E-state index contributed by atoms with van der Waals surface area (Å²) in [7, 11) is 0. The second-order valence-corrected chi connectivity index (χ2v) is 18.0. The summed E-state index contributed by atoms with van der Waals surface area (Å²) in [6.07, 6.45) is 6.18. The van der Waals surface area contributed by atoms with Gasteiger partial charge in [0.15, 0.2) is 0 Å². The van der Waals surface area contributed by atoms with E-state index in [4.69, 9.17) is 19.4 Å². The van der Waals surface area contributed by atoms with E-state index in [2.05, 4.69) is 120 Å². The van der Waals surface area contributed by atoms with Gasteiger partial charge in [-0.1, -0.05) is 119 Å². The minimum absolute atomic E-state index is 0. The molecule has 5 nitrogen and oxygen atoms in total. The molecule has 0 atom stereocenters. The van der Waals surface area contributed by atoms with Crippen LogP contribution in [0.2, 0.25) is 0 Å². The molecule has 0 bridgehead atoms. The fourth-order valence-electron chi connectivity index (χ4n) is 9.81. The van der Waals surface area contributed by atoms with E-state index < -0.39 is 5.41 Å². The first-order valence-corrected chi connectivity index (χ1v) is 20.7. The number of fused-ring (bicyclic) bond motifs is 5. The maximum Gasteiger partial charge on any atom is 0.227 e. The van der Waals surface area contributed by atoms with Crippen LogP contribution in [0.15, 0.2) is 120 Å². The van der Waals surface area contributed by atoms with Crippen molar-refractivity contribution in [2.75, 3.05) is 0 Å². The average molecular weight is 954 g/mol. The van der Waals surface area contributed by atoms with Gasteiger partial charge in [-0.15, -0.1) is 29.3 Å². The summed E-state index contributed by atoms with van der Waals surface area (Å²) in [5.41, 5.74) is 16.6. The molecule has 1 N–H and O–H groups in total. The zero-order chi connectivity index (χ0) is 39.9. The van der Waals surface area contributed by atoms with Gasteiger partial charge in [0.1, 0.15) is 5.58 Å². The van der Waals surface area contributed by atoms with Crippen LogP contribution in [0, 0.1) is 11.5 Å². The van der Waals surface area contributed by atoms with E-state index >= 15 is 0 Å². The number of phenolic OH excluding ortho intramolecular Hbond substituents is 1. The van der Waals surface area contributed by atoms with Gasteiger partial charge in [0.25, 0.3) is 0 Å². The Bertz CT molecular complexity index is 2870. The van der Waals surface area contributed by atoms with Gasteiger partial charge in [-0.05, 0) is 101 Å². The van der Waals surface area contributed by atoms with Crippen LogP contribution in [0.3, 0.4) is 0 Å². The number of aromatic nitrogens is 3. The molecule has 2 aliphatic carbocycles. The molecule has 0 unspecified atom stereocenters. The normalized spacial score (nSPS) is 14.4. The van der Waals surface area contributed by atoms with Gasteiger partial charge in [0.2, 0.25) is 5.71 Å². The van der Waals surface area contributed by atoms with Gasteiger partial charge in [-0.2, -0.15) is 0 Å². The predicted octanol–water partition coefficient (Wildman–Crippen LogP) is 12.7. The first kappa shape index (κ1) is 39.1. The maximum absolute atomic E-state index is 11.1. The largest absolute Gasteiger partial charge is 0.517 e. The van der Waals surface area contributed by atoms with E-state index in [-0.39, 0.29) is 32.2 Å². The van der Waals surface area contributed by atoms with Crippen molar-refractivity contribution >= 4 is 22.1 Å². The Balaban J connectivity index is 0.00000449. The van der Waals surface area contributed by atoms with E-state index in [1.54, 1.807) is 6.07 Å². The third kappa shape index (κ3) is 6.72. The molecule has 0 aliphatic heterocycles. The summed E-state index contributed by atoms with van der Waals surface area (Å²) in [5, 5.41) is 13.1. The number of pyridine rings is 3. The maximum atomic E-state index is 11.1. The molecule has 298 valence electrons. The van der Waals surface area contributed by atoms with Crippen molar-refractivity contribution in [2.24, 2.45) is 5.41 Å². The number of para-hydroxylation sites is 1.